The molecule has 0 bridgehead atoms. The summed E-state index contributed by atoms with van der Waals surface area (Å²) in [5, 5.41) is 6.21. The Kier molecular flexibility index (Phi) is 5.47. The summed E-state index contributed by atoms with van der Waals surface area (Å²) in [7, 11) is 1.56. The monoisotopic (exact) mass is 253 g/mol. The third-order valence-corrected chi connectivity index (χ3v) is 2.78. The lowest BCUT2D eigenvalue weighted by Crippen LogP contribution is -2.18. The molecule has 16 heavy (non-hydrogen) atoms. The summed E-state index contributed by atoms with van der Waals surface area (Å²) < 4.78 is 30.2. The first kappa shape index (κ1) is 13.2. The highest BCUT2D eigenvalue weighted by Gasteiger charge is 2.11. The van der Waals surface area contributed by atoms with E-state index in [9.17, 15) is 13.6 Å². The fourth-order valence-corrected chi connectivity index (χ4v) is 1.83. The topological polar surface area (TPSA) is 59.9 Å². The van der Waals surface area contributed by atoms with Gasteiger partial charge in [-0.15, -0.1) is 5.10 Å². The molecule has 0 aliphatic rings. The van der Waals surface area contributed by atoms with Gasteiger partial charge in [-0.05, 0) is 6.42 Å². The third kappa shape index (κ3) is 3.93. The molecule has 92 valence electrons. The van der Waals surface area contributed by atoms with Crippen LogP contribution in [-0.2, 0) is 11.3 Å². The molecule has 0 radical (unpaired) electrons. The Morgan fingerprint density at radius 1 is 1.62 bits per heavy atom. The smallest absolute Gasteiger partial charge is 0.343 e. The summed E-state index contributed by atoms with van der Waals surface area (Å²) in [6.45, 7) is 0.922. The zero-order valence-electron chi connectivity index (χ0n) is 8.78. The Hall–Kier alpha value is -0.890. The Balaban J connectivity index is 2.59. The Labute approximate surface area is 95.2 Å². The summed E-state index contributed by atoms with van der Waals surface area (Å²) in [6.07, 6.45) is -1.78. The highest BCUT2D eigenvalue weighted by Crippen LogP contribution is 2.16. The molecule has 1 aromatic rings. The maximum absolute atomic E-state index is 12.0. The Bertz CT molecular complexity index is 366. The van der Waals surface area contributed by atoms with Crippen LogP contribution in [0.2, 0.25) is 0 Å². The second kappa shape index (κ2) is 6.64. The molecule has 8 heteroatoms. The third-order valence-electron chi connectivity index (χ3n) is 1.79. The van der Waals surface area contributed by atoms with Crippen LogP contribution in [0.25, 0.3) is 0 Å². The van der Waals surface area contributed by atoms with Gasteiger partial charge in [0.15, 0.2) is 5.16 Å². The van der Waals surface area contributed by atoms with Crippen molar-refractivity contribution in [2.75, 3.05) is 19.5 Å². The molecule has 0 saturated heterocycles. The van der Waals surface area contributed by atoms with E-state index >= 15 is 0 Å². The molecular weight excluding hydrogens is 240 g/mol. The summed E-state index contributed by atoms with van der Waals surface area (Å²) >= 11 is 0.864. The van der Waals surface area contributed by atoms with Crippen LogP contribution >= 0.6 is 11.8 Å². The van der Waals surface area contributed by atoms with Crippen LogP contribution < -0.4 is 5.69 Å². The van der Waals surface area contributed by atoms with Gasteiger partial charge in [-0.25, -0.2) is 18.7 Å². The van der Waals surface area contributed by atoms with Gasteiger partial charge in [0.25, 0.3) is 0 Å². The number of nitrogens with one attached hydrogen (secondary N) is 1. The SMILES string of the molecule is COCCCn1c(SCC(F)F)n[nH]c1=O. The average Bonchev–Trinajstić information content (AvgIpc) is 2.58. The summed E-state index contributed by atoms with van der Waals surface area (Å²) in [4.78, 5) is 11.3. The van der Waals surface area contributed by atoms with Crippen molar-refractivity contribution in [1.82, 2.24) is 14.8 Å². The number of aromatic nitrogens is 3. The molecule has 0 aliphatic carbocycles. The van der Waals surface area contributed by atoms with Gasteiger partial charge < -0.3 is 4.74 Å². The van der Waals surface area contributed by atoms with Crippen molar-refractivity contribution in [3.63, 3.8) is 0 Å². The first-order chi connectivity index (χ1) is 7.65. The van der Waals surface area contributed by atoms with Crippen LogP contribution in [0, 0.1) is 0 Å². The molecule has 0 aliphatic heterocycles. The molecule has 0 unspecified atom stereocenters. The van der Waals surface area contributed by atoms with E-state index in [1.807, 2.05) is 0 Å². The number of hydrogen-bond donors (Lipinski definition) is 1. The van der Waals surface area contributed by atoms with Gasteiger partial charge >= 0.3 is 5.69 Å². The van der Waals surface area contributed by atoms with Crippen molar-refractivity contribution in [2.24, 2.45) is 0 Å². The predicted molar refractivity (Wildman–Crippen MR) is 56.1 cm³/mol. The molecule has 0 saturated carbocycles. The molecule has 0 amide bonds. The fourth-order valence-electron chi connectivity index (χ4n) is 1.12. The van der Waals surface area contributed by atoms with Gasteiger partial charge in [-0.2, -0.15) is 0 Å². The van der Waals surface area contributed by atoms with Crippen molar-refractivity contribution in [1.29, 1.82) is 0 Å². The molecule has 1 heterocycles. The van der Waals surface area contributed by atoms with Crippen LogP contribution in [-0.4, -0.2) is 40.7 Å². The largest absolute Gasteiger partial charge is 0.385 e. The van der Waals surface area contributed by atoms with Crippen molar-refractivity contribution in [2.45, 2.75) is 24.5 Å². The van der Waals surface area contributed by atoms with Gasteiger partial charge in [0.05, 0.1) is 5.75 Å². The quantitative estimate of drug-likeness (QED) is 0.581. The molecule has 0 fully saturated rings. The molecule has 1 aromatic heterocycles. The first-order valence-corrected chi connectivity index (χ1v) is 5.68. The van der Waals surface area contributed by atoms with Crippen molar-refractivity contribution >= 4 is 11.8 Å². The lowest BCUT2D eigenvalue weighted by Gasteiger charge is -2.04. The predicted octanol–water partition coefficient (Wildman–Crippen LogP) is 0.965. The van der Waals surface area contributed by atoms with Crippen molar-refractivity contribution in [3.8, 4) is 0 Å². The maximum atomic E-state index is 12.0. The normalized spacial score (nSPS) is 11.2. The summed E-state index contributed by atoms with van der Waals surface area (Å²) in [5.74, 6) is -0.366. The molecule has 5 nitrogen and oxygen atoms in total. The maximum Gasteiger partial charge on any atom is 0.343 e. The van der Waals surface area contributed by atoms with Crippen LogP contribution in [0.3, 0.4) is 0 Å². The number of aromatic amines is 1. The molecule has 1 N–H and O–H groups in total. The molecule has 0 aromatic carbocycles. The lowest BCUT2D eigenvalue weighted by molar-refractivity contribution is 0.176. The Morgan fingerprint density at radius 2 is 2.38 bits per heavy atom. The van der Waals surface area contributed by atoms with E-state index in [-0.39, 0.29) is 11.4 Å². The van der Waals surface area contributed by atoms with Crippen LogP contribution in [0.15, 0.2) is 9.95 Å². The number of thioether (sulfide) groups is 1. The van der Waals surface area contributed by atoms with Gasteiger partial charge in [-0.3, -0.25) is 4.57 Å². The number of ether oxygens (including phenoxy) is 1. The fraction of sp³-hybridized carbons (Fsp3) is 0.750. The van der Waals surface area contributed by atoms with Crippen LogP contribution in [0.4, 0.5) is 8.78 Å². The van der Waals surface area contributed by atoms with E-state index in [0.29, 0.717) is 24.7 Å². The minimum absolute atomic E-state index is 0.293. The Morgan fingerprint density at radius 3 is 3.00 bits per heavy atom. The number of nitrogens with zero attached hydrogens (tertiary/aromatic N) is 2. The van der Waals surface area contributed by atoms with Crippen LogP contribution in [0.1, 0.15) is 6.42 Å². The number of alkyl halides is 2. The van der Waals surface area contributed by atoms with Crippen molar-refractivity contribution < 1.29 is 13.5 Å². The van der Waals surface area contributed by atoms with E-state index in [4.69, 9.17) is 4.74 Å². The molecular formula is C8H13F2N3O2S. The first-order valence-electron chi connectivity index (χ1n) is 4.70. The van der Waals surface area contributed by atoms with E-state index in [0.717, 1.165) is 11.8 Å². The van der Waals surface area contributed by atoms with Crippen molar-refractivity contribution in [3.05, 3.63) is 10.5 Å². The number of hydrogen-bond acceptors (Lipinski definition) is 4. The van der Waals surface area contributed by atoms with E-state index in [1.54, 1.807) is 7.11 Å². The highest BCUT2D eigenvalue weighted by molar-refractivity contribution is 7.99. The summed E-state index contributed by atoms with van der Waals surface area (Å²) in [6, 6.07) is 0. The van der Waals surface area contributed by atoms with Crippen LogP contribution in [0.5, 0.6) is 0 Å². The highest BCUT2D eigenvalue weighted by atomic mass is 32.2. The number of H-pyrrole nitrogens is 1. The molecule has 1 rings (SSSR count). The standard InChI is InChI=1S/C8H13F2N3O2S/c1-15-4-2-3-13-7(14)11-12-8(13)16-5-6(9)10/h6H,2-5H2,1H3,(H,11,14). The second-order valence-corrected chi connectivity index (χ2v) is 4.00. The van der Waals surface area contributed by atoms with E-state index < -0.39 is 6.43 Å². The lowest BCUT2D eigenvalue weighted by atomic mass is 10.4. The van der Waals surface area contributed by atoms with E-state index in [2.05, 4.69) is 10.2 Å². The zero-order chi connectivity index (χ0) is 12.0. The minimum Gasteiger partial charge on any atom is -0.385 e. The van der Waals surface area contributed by atoms with Gasteiger partial charge in [0.1, 0.15) is 0 Å². The minimum atomic E-state index is -2.41. The number of rotatable bonds is 7. The van der Waals surface area contributed by atoms with E-state index in [1.165, 1.54) is 4.57 Å². The van der Waals surface area contributed by atoms with Gasteiger partial charge in [0.2, 0.25) is 6.43 Å². The second-order valence-electron chi connectivity index (χ2n) is 3.01. The molecule has 0 atom stereocenters. The molecule has 0 spiro atoms. The summed E-state index contributed by atoms with van der Waals surface area (Å²) in [5.41, 5.74) is -0.382. The number of methoxy groups -OCH3 is 1. The number of halogens is 2. The van der Waals surface area contributed by atoms with Gasteiger partial charge in [-0.1, -0.05) is 11.8 Å². The zero-order valence-corrected chi connectivity index (χ0v) is 9.60. The average molecular weight is 253 g/mol. The van der Waals surface area contributed by atoms with Gasteiger partial charge in [0, 0.05) is 20.3 Å².